The second-order valence-corrected chi connectivity index (χ2v) is 10.2. The topological polar surface area (TPSA) is 49.4 Å². The maximum atomic E-state index is 13.9. The lowest BCUT2D eigenvalue weighted by molar-refractivity contribution is -0.141. The molecule has 1 atom stereocenters. The molecule has 1 N–H and O–H groups in total. The molecule has 1 saturated carbocycles. The Morgan fingerprint density at radius 1 is 0.861 bits per heavy atom. The van der Waals surface area contributed by atoms with Gasteiger partial charge in [-0.05, 0) is 48.6 Å². The standard InChI is InChI=1S/C31H35ClN2O2/c1-23(31(36)33-28-15-9-4-10-16-28)34(22-24-17-19-27(32)20-18-24)30(35)21-29(25-11-5-2-6-12-25)26-13-7-3-8-14-26/h2-3,5-8,11-14,17-20,23,28-29H,4,9-10,15-16,21-22H2,1H3,(H,33,36)/t23-/m0/s1. The number of halogens is 1. The van der Waals surface area contributed by atoms with Gasteiger partial charge < -0.3 is 10.2 Å². The lowest BCUT2D eigenvalue weighted by Crippen LogP contribution is -2.50. The minimum Gasteiger partial charge on any atom is -0.352 e. The van der Waals surface area contributed by atoms with Crippen LogP contribution in [0.25, 0.3) is 0 Å². The Hall–Kier alpha value is -3.11. The first-order valence-corrected chi connectivity index (χ1v) is 13.3. The monoisotopic (exact) mass is 502 g/mol. The number of carbonyl (C=O) groups excluding carboxylic acids is 2. The van der Waals surface area contributed by atoms with Crippen molar-refractivity contribution in [2.24, 2.45) is 0 Å². The van der Waals surface area contributed by atoms with E-state index in [2.05, 4.69) is 29.6 Å². The summed E-state index contributed by atoms with van der Waals surface area (Å²) >= 11 is 6.09. The lowest BCUT2D eigenvalue weighted by atomic mass is 9.88. The molecule has 0 radical (unpaired) electrons. The van der Waals surface area contributed by atoms with Gasteiger partial charge >= 0.3 is 0 Å². The maximum Gasteiger partial charge on any atom is 0.242 e. The number of nitrogens with one attached hydrogen (secondary N) is 1. The van der Waals surface area contributed by atoms with Gasteiger partial charge in [0.2, 0.25) is 11.8 Å². The van der Waals surface area contributed by atoms with Gasteiger partial charge in [-0.1, -0.05) is 104 Å². The molecule has 0 aromatic heterocycles. The molecule has 0 saturated heterocycles. The van der Waals surface area contributed by atoms with Gasteiger partial charge in [-0.25, -0.2) is 0 Å². The zero-order valence-corrected chi connectivity index (χ0v) is 21.7. The maximum absolute atomic E-state index is 13.9. The van der Waals surface area contributed by atoms with E-state index in [0.717, 1.165) is 42.4 Å². The summed E-state index contributed by atoms with van der Waals surface area (Å²) in [6, 6.07) is 27.3. The summed E-state index contributed by atoms with van der Waals surface area (Å²) in [7, 11) is 0. The van der Waals surface area contributed by atoms with Gasteiger partial charge in [0.05, 0.1) is 0 Å². The van der Waals surface area contributed by atoms with Crippen molar-refractivity contribution < 1.29 is 9.59 Å². The number of hydrogen-bond acceptors (Lipinski definition) is 2. The van der Waals surface area contributed by atoms with E-state index in [0.29, 0.717) is 11.6 Å². The first-order chi connectivity index (χ1) is 17.5. The molecule has 0 bridgehead atoms. The third kappa shape index (κ3) is 6.98. The van der Waals surface area contributed by atoms with E-state index in [1.54, 1.807) is 4.90 Å². The van der Waals surface area contributed by atoms with Crippen LogP contribution in [0.2, 0.25) is 5.02 Å². The number of benzene rings is 3. The molecule has 1 fully saturated rings. The minimum atomic E-state index is -0.581. The normalized spacial score (nSPS) is 14.9. The Labute approximate surface area is 219 Å². The summed E-state index contributed by atoms with van der Waals surface area (Å²) in [6.07, 6.45) is 5.80. The Kier molecular flexibility index (Phi) is 9.18. The molecule has 3 aromatic carbocycles. The van der Waals surface area contributed by atoms with Crippen LogP contribution in [0.4, 0.5) is 0 Å². The van der Waals surface area contributed by atoms with Crippen LogP contribution in [0.1, 0.15) is 68.1 Å². The van der Waals surface area contributed by atoms with Crippen LogP contribution in [0, 0.1) is 0 Å². The van der Waals surface area contributed by atoms with Crippen molar-refractivity contribution in [3.05, 3.63) is 107 Å². The second kappa shape index (κ2) is 12.7. The predicted octanol–water partition coefficient (Wildman–Crippen LogP) is 6.73. The predicted molar refractivity (Wildman–Crippen MR) is 146 cm³/mol. The van der Waals surface area contributed by atoms with Crippen molar-refractivity contribution in [3.63, 3.8) is 0 Å². The van der Waals surface area contributed by atoms with Gasteiger partial charge in [-0.3, -0.25) is 9.59 Å². The van der Waals surface area contributed by atoms with E-state index >= 15 is 0 Å². The molecule has 36 heavy (non-hydrogen) atoms. The average Bonchev–Trinajstić information content (AvgIpc) is 2.92. The molecule has 188 valence electrons. The van der Waals surface area contributed by atoms with Crippen molar-refractivity contribution in [3.8, 4) is 0 Å². The molecular weight excluding hydrogens is 468 g/mol. The van der Waals surface area contributed by atoms with Gasteiger partial charge in [0.15, 0.2) is 0 Å². The van der Waals surface area contributed by atoms with Crippen LogP contribution >= 0.6 is 11.6 Å². The summed E-state index contributed by atoms with van der Waals surface area (Å²) < 4.78 is 0. The first kappa shape index (κ1) is 26.0. The van der Waals surface area contributed by atoms with E-state index < -0.39 is 6.04 Å². The smallest absolute Gasteiger partial charge is 0.242 e. The van der Waals surface area contributed by atoms with Crippen molar-refractivity contribution in [1.82, 2.24) is 10.2 Å². The molecular formula is C31H35ClN2O2. The van der Waals surface area contributed by atoms with Gasteiger partial charge in [-0.15, -0.1) is 0 Å². The molecule has 0 unspecified atom stereocenters. The van der Waals surface area contributed by atoms with Crippen LogP contribution in [0.5, 0.6) is 0 Å². The fraction of sp³-hybridized carbons (Fsp3) is 0.355. The van der Waals surface area contributed by atoms with E-state index in [-0.39, 0.29) is 30.2 Å². The Morgan fingerprint density at radius 3 is 1.97 bits per heavy atom. The summed E-state index contributed by atoms with van der Waals surface area (Å²) in [5.41, 5.74) is 3.12. The van der Waals surface area contributed by atoms with E-state index in [9.17, 15) is 9.59 Å². The van der Waals surface area contributed by atoms with Crippen molar-refractivity contribution in [1.29, 1.82) is 0 Å². The average molecular weight is 503 g/mol. The van der Waals surface area contributed by atoms with E-state index in [1.165, 1.54) is 6.42 Å². The highest BCUT2D eigenvalue weighted by molar-refractivity contribution is 6.30. The Morgan fingerprint density at radius 2 is 1.42 bits per heavy atom. The summed E-state index contributed by atoms with van der Waals surface area (Å²) in [4.78, 5) is 29.0. The van der Waals surface area contributed by atoms with Crippen LogP contribution in [-0.2, 0) is 16.1 Å². The molecule has 2 amide bonds. The van der Waals surface area contributed by atoms with Crippen LogP contribution in [-0.4, -0.2) is 28.8 Å². The number of nitrogens with zero attached hydrogens (tertiary/aromatic N) is 1. The summed E-state index contributed by atoms with van der Waals surface area (Å²) in [5, 5.41) is 3.86. The number of hydrogen-bond donors (Lipinski definition) is 1. The van der Waals surface area contributed by atoms with Crippen LogP contribution in [0.3, 0.4) is 0 Å². The van der Waals surface area contributed by atoms with Crippen molar-refractivity contribution in [2.75, 3.05) is 0 Å². The Balaban J connectivity index is 1.58. The second-order valence-electron chi connectivity index (χ2n) is 9.75. The summed E-state index contributed by atoms with van der Waals surface area (Å²) in [5.74, 6) is -0.227. The van der Waals surface area contributed by atoms with Crippen molar-refractivity contribution in [2.45, 2.75) is 70.0 Å². The third-order valence-electron chi connectivity index (χ3n) is 7.17. The van der Waals surface area contributed by atoms with Gasteiger partial charge in [0, 0.05) is 29.9 Å². The molecule has 4 rings (SSSR count). The zero-order chi connectivity index (χ0) is 25.3. The van der Waals surface area contributed by atoms with Gasteiger partial charge in [0.25, 0.3) is 0 Å². The fourth-order valence-corrected chi connectivity index (χ4v) is 5.15. The molecule has 1 aliphatic carbocycles. The molecule has 1 aliphatic rings. The molecule has 5 heteroatoms. The molecule has 0 spiro atoms. The highest BCUT2D eigenvalue weighted by Gasteiger charge is 2.30. The van der Waals surface area contributed by atoms with E-state index in [4.69, 9.17) is 11.6 Å². The molecule has 4 nitrogen and oxygen atoms in total. The molecule has 3 aromatic rings. The molecule has 0 aliphatic heterocycles. The number of amides is 2. The SMILES string of the molecule is C[C@@H](C(=O)NC1CCCCC1)N(Cc1ccc(Cl)cc1)C(=O)CC(c1ccccc1)c1ccccc1. The first-order valence-electron chi connectivity index (χ1n) is 13.0. The lowest BCUT2D eigenvalue weighted by Gasteiger charge is -2.32. The quantitative estimate of drug-likeness (QED) is 0.352. The van der Waals surface area contributed by atoms with E-state index in [1.807, 2.05) is 67.6 Å². The van der Waals surface area contributed by atoms with Crippen LogP contribution in [0.15, 0.2) is 84.9 Å². The fourth-order valence-electron chi connectivity index (χ4n) is 5.03. The van der Waals surface area contributed by atoms with Crippen molar-refractivity contribution >= 4 is 23.4 Å². The highest BCUT2D eigenvalue weighted by Crippen LogP contribution is 2.29. The largest absolute Gasteiger partial charge is 0.352 e. The van der Waals surface area contributed by atoms with Crippen LogP contribution < -0.4 is 5.32 Å². The third-order valence-corrected chi connectivity index (χ3v) is 7.42. The molecule has 0 heterocycles. The highest BCUT2D eigenvalue weighted by atomic mass is 35.5. The number of carbonyl (C=O) groups is 2. The minimum absolute atomic E-state index is 0.0473. The zero-order valence-electron chi connectivity index (χ0n) is 20.9. The van der Waals surface area contributed by atoms with Gasteiger partial charge in [-0.2, -0.15) is 0 Å². The number of rotatable bonds is 9. The summed E-state index contributed by atoms with van der Waals surface area (Å²) in [6.45, 7) is 2.19. The Bertz CT molecular complexity index is 1070. The van der Waals surface area contributed by atoms with Gasteiger partial charge in [0.1, 0.15) is 6.04 Å².